The Morgan fingerprint density at radius 1 is 1.42 bits per heavy atom. The van der Waals surface area contributed by atoms with Crippen LogP contribution in [0.4, 0.5) is 0 Å². The van der Waals surface area contributed by atoms with Crippen molar-refractivity contribution in [1.29, 1.82) is 0 Å². The molecule has 24 heavy (non-hydrogen) atoms. The van der Waals surface area contributed by atoms with Gasteiger partial charge in [-0.3, -0.25) is 0 Å². The zero-order valence-electron chi connectivity index (χ0n) is 14.8. The second-order valence-corrected chi connectivity index (χ2v) is 8.19. The van der Waals surface area contributed by atoms with Crippen LogP contribution in [0.1, 0.15) is 64.5 Å². The van der Waals surface area contributed by atoms with E-state index in [-0.39, 0.29) is 16.7 Å². The number of fused-ring (bicyclic) bond motifs is 1. The molecule has 0 amide bonds. The second-order valence-electron chi connectivity index (χ2n) is 8.19. The Kier molecular flexibility index (Phi) is 4.37. The molecule has 5 atom stereocenters. The normalized spacial score (nSPS) is 37.4. The summed E-state index contributed by atoms with van der Waals surface area (Å²) in [5.74, 6) is -0.0637. The lowest BCUT2D eigenvalue weighted by Gasteiger charge is -2.58. The van der Waals surface area contributed by atoms with Crippen molar-refractivity contribution in [1.82, 2.24) is 0 Å². The minimum Gasteiger partial charge on any atom is -0.478 e. The van der Waals surface area contributed by atoms with Crippen LogP contribution in [0.2, 0.25) is 0 Å². The number of hydrogen-bond acceptors (Lipinski definition) is 3. The Morgan fingerprint density at radius 3 is 2.79 bits per heavy atom. The highest BCUT2D eigenvalue weighted by molar-refractivity contribution is 5.88. The number of hydrogen-bond donors (Lipinski definition) is 2. The highest BCUT2D eigenvalue weighted by atomic mass is 16.4. The highest BCUT2D eigenvalue weighted by Gasteiger charge is 2.55. The monoisotopic (exact) mass is 332 g/mol. The molecular weight excluding hydrogens is 304 g/mol. The molecule has 1 aromatic heterocycles. The third kappa shape index (κ3) is 2.61. The summed E-state index contributed by atoms with van der Waals surface area (Å²) in [6.07, 6.45) is 8.88. The van der Waals surface area contributed by atoms with Crippen molar-refractivity contribution in [3.63, 3.8) is 0 Å². The molecule has 0 aliphatic heterocycles. The predicted octanol–water partition coefficient (Wildman–Crippen LogP) is 4.57. The van der Waals surface area contributed by atoms with E-state index >= 15 is 0 Å². The number of carboxylic acids is 1. The lowest BCUT2D eigenvalue weighted by Crippen LogP contribution is -2.51. The number of aliphatic hydroxyl groups excluding tert-OH is 1. The van der Waals surface area contributed by atoms with Gasteiger partial charge in [-0.05, 0) is 55.4 Å². The van der Waals surface area contributed by atoms with E-state index in [4.69, 9.17) is 4.42 Å². The van der Waals surface area contributed by atoms with Crippen molar-refractivity contribution in [2.24, 2.45) is 22.7 Å². The van der Waals surface area contributed by atoms with E-state index in [1.54, 1.807) is 12.5 Å². The minimum atomic E-state index is -0.783. The molecule has 4 nitrogen and oxygen atoms in total. The van der Waals surface area contributed by atoms with Crippen LogP contribution in [0.3, 0.4) is 0 Å². The van der Waals surface area contributed by atoms with E-state index in [0.717, 1.165) is 31.2 Å². The number of allylic oxidation sites excluding steroid dienone is 1. The van der Waals surface area contributed by atoms with E-state index in [2.05, 4.69) is 20.8 Å². The molecule has 0 bridgehead atoms. The van der Waals surface area contributed by atoms with Crippen LogP contribution in [0, 0.1) is 22.7 Å². The lowest BCUT2D eigenvalue weighted by molar-refractivity contribution is -0.137. The Bertz CT molecular complexity index is 632. The van der Waals surface area contributed by atoms with Crippen LogP contribution in [0.5, 0.6) is 0 Å². The summed E-state index contributed by atoms with van der Waals surface area (Å²) in [5.41, 5.74) is 0.982. The van der Waals surface area contributed by atoms with Crippen molar-refractivity contribution < 1.29 is 19.4 Å². The minimum absolute atomic E-state index is 0.0986. The maximum absolute atomic E-state index is 11.8. The second kappa shape index (κ2) is 6.07. The van der Waals surface area contributed by atoms with Crippen LogP contribution in [0.25, 0.3) is 0 Å². The van der Waals surface area contributed by atoms with Crippen LogP contribution in [-0.4, -0.2) is 16.2 Å². The van der Waals surface area contributed by atoms with Crippen molar-refractivity contribution in [3.8, 4) is 0 Å². The summed E-state index contributed by atoms with van der Waals surface area (Å²) in [6.45, 7) is 6.61. The van der Waals surface area contributed by atoms with Gasteiger partial charge in [0.15, 0.2) is 0 Å². The van der Waals surface area contributed by atoms with Crippen molar-refractivity contribution >= 4 is 5.97 Å². The topological polar surface area (TPSA) is 70.7 Å². The predicted molar refractivity (Wildman–Crippen MR) is 91.3 cm³/mol. The third-order valence-electron chi connectivity index (χ3n) is 7.00. The molecular formula is C20H28O4. The number of aliphatic carboxylic acids is 1. The number of furan rings is 1. The van der Waals surface area contributed by atoms with Gasteiger partial charge in [0.2, 0.25) is 0 Å². The van der Waals surface area contributed by atoms with Gasteiger partial charge in [0.05, 0.1) is 18.6 Å². The van der Waals surface area contributed by atoms with Gasteiger partial charge in [0.1, 0.15) is 0 Å². The zero-order chi connectivity index (χ0) is 17.5. The first-order valence-corrected chi connectivity index (χ1v) is 8.93. The summed E-state index contributed by atoms with van der Waals surface area (Å²) in [7, 11) is 0. The summed E-state index contributed by atoms with van der Waals surface area (Å²) in [5, 5.41) is 20.4. The SMILES string of the molecule is C[C@@H]1CC[C@@]2(C)C(C(=O)O)=CCC[C@@H]2[C@@]1(C)CC(O)c1ccoc1. The molecule has 2 aliphatic carbocycles. The van der Waals surface area contributed by atoms with Crippen LogP contribution in [0.15, 0.2) is 34.7 Å². The maximum atomic E-state index is 11.8. The van der Waals surface area contributed by atoms with E-state index in [1.165, 1.54) is 0 Å². The van der Waals surface area contributed by atoms with Gasteiger partial charge in [-0.2, -0.15) is 0 Å². The van der Waals surface area contributed by atoms with Gasteiger partial charge < -0.3 is 14.6 Å². The molecule has 4 heteroatoms. The molecule has 3 rings (SSSR count). The van der Waals surface area contributed by atoms with Gasteiger partial charge in [0, 0.05) is 16.6 Å². The number of rotatable bonds is 4. The summed E-state index contributed by atoms with van der Waals surface area (Å²) in [6, 6.07) is 1.81. The smallest absolute Gasteiger partial charge is 0.331 e. The molecule has 0 radical (unpaired) electrons. The molecule has 1 aromatic rings. The van der Waals surface area contributed by atoms with Gasteiger partial charge in [-0.25, -0.2) is 4.79 Å². The van der Waals surface area contributed by atoms with Crippen molar-refractivity contribution in [3.05, 3.63) is 35.8 Å². The van der Waals surface area contributed by atoms with Crippen LogP contribution < -0.4 is 0 Å². The number of carboxylic acid groups (broad SMARTS) is 1. The molecule has 1 heterocycles. The fourth-order valence-electron chi connectivity index (χ4n) is 5.36. The first-order valence-electron chi connectivity index (χ1n) is 8.93. The number of carbonyl (C=O) groups is 1. The molecule has 1 saturated carbocycles. The quantitative estimate of drug-likeness (QED) is 0.847. The molecule has 2 N–H and O–H groups in total. The Hall–Kier alpha value is -1.55. The van der Waals surface area contributed by atoms with Crippen molar-refractivity contribution in [2.75, 3.05) is 0 Å². The Labute approximate surface area is 143 Å². The zero-order valence-corrected chi connectivity index (χ0v) is 14.8. The van der Waals surface area contributed by atoms with Gasteiger partial charge in [0.25, 0.3) is 0 Å². The van der Waals surface area contributed by atoms with Gasteiger partial charge in [-0.1, -0.05) is 26.8 Å². The molecule has 2 aliphatic rings. The highest BCUT2D eigenvalue weighted by Crippen LogP contribution is 2.62. The van der Waals surface area contributed by atoms with E-state index in [0.29, 0.717) is 17.9 Å². The summed E-state index contributed by atoms with van der Waals surface area (Å²) >= 11 is 0. The summed E-state index contributed by atoms with van der Waals surface area (Å²) < 4.78 is 5.11. The van der Waals surface area contributed by atoms with E-state index < -0.39 is 12.1 Å². The van der Waals surface area contributed by atoms with Gasteiger partial charge in [-0.15, -0.1) is 0 Å². The van der Waals surface area contributed by atoms with Gasteiger partial charge >= 0.3 is 5.97 Å². The summed E-state index contributed by atoms with van der Waals surface area (Å²) in [4.78, 5) is 11.8. The molecule has 0 spiro atoms. The fourth-order valence-corrected chi connectivity index (χ4v) is 5.36. The Morgan fingerprint density at radius 2 is 2.17 bits per heavy atom. The standard InChI is InChI=1S/C20H28O4/c1-13-7-9-19(2)15(18(22)23)5-4-6-17(19)20(13,3)11-16(21)14-8-10-24-12-14/h5,8,10,12-13,16-17,21H,4,6-7,9,11H2,1-3H3,(H,22,23)/t13-,16?,17+,19+,20+/m1/s1. The Balaban J connectivity index is 1.94. The molecule has 132 valence electrons. The van der Waals surface area contributed by atoms with Crippen molar-refractivity contribution in [2.45, 2.75) is 59.0 Å². The molecule has 1 fully saturated rings. The van der Waals surface area contributed by atoms with E-state index in [9.17, 15) is 15.0 Å². The average molecular weight is 332 g/mol. The molecule has 1 unspecified atom stereocenters. The average Bonchev–Trinajstić information content (AvgIpc) is 3.05. The molecule has 0 saturated heterocycles. The first kappa shape index (κ1) is 17.3. The van der Waals surface area contributed by atoms with Crippen LogP contribution in [-0.2, 0) is 4.79 Å². The maximum Gasteiger partial charge on any atom is 0.331 e. The first-order chi connectivity index (χ1) is 11.3. The number of aliphatic hydroxyl groups is 1. The fraction of sp³-hybridized carbons (Fsp3) is 0.650. The molecule has 0 aromatic carbocycles. The third-order valence-corrected chi connectivity index (χ3v) is 7.00. The van der Waals surface area contributed by atoms with E-state index in [1.807, 2.05) is 12.1 Å². The van der Waals surface area contributed by atoms with Crippen LogP contribution >= 0.6 is 0 Å². The lowest BCUT2D eigenvalue weighted by atomic mass is 9.46. The largest absolute Gasteiger partial charge is 0.478 e.